The van der Waals surface area contributed by atoms with Gasteiger partial charge < -0.3 is 15.0 Å². The van der Waals surface area contributed by atoms with E-state index in [2.05, 4.69) is 20.3 Å². The molecule has 0 aliphatic carbocycles. The van der Waals surface area contributed by atoms with E-state index in [9.17, 15) is 0 Å². The van der Waals surface area contributed by atoms with Crippen LogP contribution in [0.25, 0.3) is 11.2 Å². The van der Waals surface area contributed by atoms with Gasteiger partial charge in [-0.15, -0.1) is 0 Å². The van der Waals surface area contributed by atoms with Crippen molar-refractivity contribution in [1.82, 2.24) is 20.3 Å². The number of ether oxygens (including phenoxy) is 1. The van der Waals surface area contributed by atoms with Gasteiger partial charge in [0.05, 0.1) is 18.2 Å². The average Bonchev–Trinajstić information content (AvgIpc) is 2.83. The van der Waals surface area contributed by atoms with Gasteiger partial charge in [0.15, 0.2) is 5.65 Å². The van der Waals surface area contributed by atoms with Crippen LogP contribution >= 0.6 is 11.8 Å². The summed E-state index contributed by atoms with van der Waals surface area (Å²) in [4.78, 5) is 12.3. The lowest BCUT2D eigenvalue weighted by molar-refractivity contribution is 0.328. The molecule has 0 radical (unpaired) electrons. The second-order valence-corrected chi connectivity index (χ2v) is 5.31. The maximum atomic E-state index is 5.38. The summed E-state index contributed by atoms with van der Waals surface area (Å²) in [7, 11) is 0. The maximum Gasteiger partial charge on any atom is 0.215 e. The van der Waals surface area contributed by atoms with Crippen LogP contribution in [-0.4, -0.2) is 39.6 Å². The van der Waals surface area contributed by atoms with Gasteiger partial charge in [-0.2, -0.15) is 16.7 Å². The number of aromatic amines is 1. The standard InChI is InChI=1S/C12H16N4OS/c1-2-17-10-4-3-8-11(15-10)16-12(14-8)9-7-18-6-5-13-9/h3-4,9,13H,2,5-7H2,1H3,(H,14,15,16). The molecule has 1 atom stereocenters. The summed E-state index contributed by atoms with van der Waals surface area (Å²) in [6.45, 7) is 3.60. The number of rotatable bonds is 3. The molecule has 2 aromatic heterocycles. The summed E-state index contributed by atoms with van der Waals surface area (Å²) in [6, 6.07) is 4.14. The SMILES string of the molecule is CCOc1ccc2[nH]c(C3CSCCN3)nc2n1. The molecule has 3 heterocycles. The van der Waals surface area contributed by atoms with Crippen molar-refractivity contribution in [2.24, 2.45) is 0 Å². The Bertz CT molecular complexity index is 536. The van der Waals surface area contributed by atoms with E-state index in [1.165, 1.54) is 5.75 Å². The average molecular weight is 264 g/mol. The summed E-state index contributed by atoms with van der Waals surface area (Å²) in [5.74, 6) is 3.83. The van der Waals surface area contributed by atoms with Crippen LogP contribution in [0.2, 0.25) is 0 Å². The van der Waals surface area contributed by atoms with Crippen LogP contribution in [0.4, 0.5) is 0 Å². The van der Waals surface area contributed by atoms with Crippen LogP contribution in [0.1, 0.15) is 18.8 Å². The molecule has 1 saturated heterocycles. The Balaban J connectivity index is 1.89. The molecule has 5 nitrogen and oxygen atoms in total. The molecule has 3 rings (SSSR count). The van der Waals surface area contributed by atoms with Crippen molar-refractivity contribution >= 4 is 22.9 Å². The summed E-state index contributed by atoms with van der Waals surface area (Å²) >= 11 is 1.95. The molecule has 0 aromatic carbocycles. The third kappa shape index (κ3) is 2.30. The Kier molecular flexibility index (Phi) is 3.38. The first-order valence-corrected chi connectivity index (χ1v) is 7.33. The van der Waals surface area contributed by atoms with Crippen LogP contribution < -0.4 is 10.1 Å². The Morgan fingerprint density at radius 3 is 3.17 bits per heavy atom. The number of hydrogen-bond acceptors (Lipinski definition) is 5. The summed E-state index contributed by atoms with van der Waals surface area (Å²) in [6.07, 6.45) is 0. The number of H-pyrrole nitrogens is 1. The van der Waals surface area contributed by atoms with Gasteiger partial charge >= 0.3 is 0 Å². The molecule has 0 spiro atoms. The maximum absolute atomic E-state index is 5.38. The highest BCUT2D eigenvalue weighted by atomic mass is 32.2. The monoisotopic (exact) mass is 264 g/mol. The van der Waals surface area contributed by atoms with E-state index in [4.69, 9.17) is 4.74 Å². The minimum atomic E-state index is 0.300. The van der Waals surface area contributed by atoms with Crippen LogP contribution in [0.3, 0.4) is 0 Å². The highest BCUT2D eigenvalue weighted by Gasteiger charge is 2.18. The van der Waals surface area contributed by atoms with Crippen LogP contribution in [0.15, 0.2) is 12.1 Å². The highest BCUT2D eigenvalue weighted by Crippen LogP contribution is 2.22. The van der Waals surface area contributed by atoms with E-state index >= 15 is 0 Å². The fourth-order valence-corrected chi connectivity index (χ4v) is 2.97. The first-order chi connectivity index (χ1) is 8.86. The molecule has 96 valence electrons. The van der Waals surface area contributed by atoms with Crippen molar-refractivity contribution in [3.8, 4) is 5.88 Å². The Morgan fingerprint density at radius 2 is 2.39 bits per heavy atom. The largest absolute Gasteiger partial charge is 0.478 e. The van der Waals surface area contributed by atoms with Crippen LogP contribution in [0, 0.1) is 0 Å². The number of aromatic nitrogens is 3. The molecule has 0 amide bonds. The van der Waals surface area contributed by atoms with Gasteiger partial charge in [0.1, 0.15) is 5.82 Å². The fourth-order valence-electron chi connectivity index (χ4n) is 2.03. The predicted octanol–water partition coefficient (Wildman–Crippen LogP) is 1.73. The zero-order valence-corrected chi connectivity index (χ0v) is 11.1. The third-order valence-electron chi connectivity index (χ3n) is 2.88. The minimum Gasteiger partial charge on any atom is -0.478 e. The van der Waals surface area contributed by atoms with E-state index in [1.54, 1.807) is 0 Å². The molecule has 2 aromatic rings. The third-order valence-corrected chi connectivity index (χ3v) is 3.94. The molecule has 18 heavy (non-hydrogen) atoms. The van der Waals surface area contributed by atoms with Crippen molar-refractivity contribution in [1.29, 1.82) is 0 Å². The topological polar surface area (TPSA) is 62.8 Å². The van der Waals surface area contributed by atoms with Crippen molar-refractivity contribution in [2.45, 2.75) is 13.0 Å². The number of nitrogens with one attached hydrogen (secondary N) is 2. The number of hydrogen-bond donors (Lipinski definition) is 2. The van der Waals surface area contributed by atoms with Crippen molar-refractivity contribution < 1.29 is 4.74 Å². The van der Waals surface area contributed by atoms with Gasteiger partial charge in [0, 0.05) is 24.1 Å². The molecule has 1 fully saturated rings. The zero-order chi connectivity index (χ0) is 12.4. The van der Waals surface area contributed by atoms with Crippen molar-refractivity contribution in [3.63, 3.8) is 0 Å². The highest BCUT2D eigenvalue weighted by molar-refractivity contribution is 7.99. The van der Waals surface area contributed by atoms with Gasteiger partial charge in [-0.05, 0) is 13.0 Å². The first-order valence-electron chi connectivity index (χ1n) is 6.17. The van der Waals surface area contributed by atoms with Crippen molar-refractivity contribution in [3.05, 3.63) is 18.0 Å². The number of imidazole rings is 1. The van der Waals surface area contributed by atoms with E-state index < -0.39 is 0 Å². The molecule has 6 heteroatoms. The molecule has 0 bridgehead atoms. The van der Waals surface area contributed by atoms with E-state index in [-0.39, 0.29) is 0 Å². The first kappa shape index (κ1) is 11.8. The normalized spacial score (nSPS) is 20.2. The minimum absolute atomic E-state index is 0.300. The second kappa shape index (κ2) is 5.16. The summed E-state index contributed by atoms with van der Waals surface area (Å²) in [5, 5.41) is 3.46. The Morgan fingerprint density at radius 1 is 1.44 bits per heavy atom. The van der Waals surface area contributed by atoms with Gasteiger partial charge in [-0.25, -0.2) is 4.98 Å². The van der Waals surface area contributed by atoms with Gasteiger partial charge in [-0.1, -0.05) is 0 Å². The molecular formula is C12H16N4OS. The molecule has 2 N–H and O–H groups in total. The molecule has 0 saturated carbocycles. The quantitative estimate of drug-likeness (QED) is 0.884. The number of nitrogens with zero attached hydrogens (tertiary/aromatic N) is 2. The lowest BCUT2D eigenvalue weighted by atomic mass is 10.3. The predicted molar refractivity (Wildman–Crippen MR) is 73.1 cm³/mol. The lowest BCUT2D eigenvalue weighted by Gasteiger charge is -2.20. The van der Waals surface area contributed by atoms with Gasteiger partial charge in [0.25, 0.3) is 0 Å². The van der Waals surface area contributed by atoms with E-state index in [1.807, 2.05) is 30.8 Å². The molecule has 1 aliphatic heterocycles. The second-order valence-electron chi connectivity index (χ2n) is 4.16. The number of fused-ring (bicyclic) bond motifs is 1. The Hall–Kier alpha value is -1.27. The zero-order valence-electron chi connectivity index (χ0n) is 10.3. The fraction of sp³-hybridized carbons (Fsp3) is 0.500. The lowest BCUT2D eigenvalue weighted by Crippen LogP contribution is -2.30. The summed E-state index contributed by atoms with van der Waals surface area (Å²) in [5.41, 5.74) is 1.69. The van der Waals surface area contributed by atoms with Gasteiger partial charge in [-0.3, -0.25) is 0 Å². The number of thioether (sulfide) groups is 1. The molecular weight excluding hydrogens is 248 g/mol. The smallest absolute Gasteiger partial charge is 0.215 e. The Labute approximate surface area is 110 Å². The van der Waals surface area contributed by atoms with Crippen molar-refractivity contribution in [2.75, 3.05) is 24.7 Å². The number of pyridine rings is 1. The van der Waals surface area contributed by atoms with E-state index in [0.29, 0.717) is 18.5 Å². The van der Waals surface area contributed by atoms with Crippen LogP contribution in [0.5, 0.6) is 5.88 Å². The molecule has 1 unspecified atom stereocenters. The van der Waals surface area contributed by atoms with Gasteiger partial charge in [0.2, 0.25) is 5.88 Å². The van der Waals surface area contributed by atoms with E-state index in [0.717, 1.165) is 29.3 Å². The molecule has 1 aliphatic rings. The summed E-state index contributed by atoms with van der Waals surface area (Å²) < 4.78 is 5.38. The van der Waals surface area contributed by atoms with Crippen LogP contribution in [-0.2, 0) is 0 Å².